The highest BCUT2D eigenvalue weighted by atomic mass is 16.5. The summed E-state index contributed by atoms with van der Waals surface area (Å²) >= 11 is 0. The smallest absolute Gasteiger partial charge is 0.259 e. The van der Waals surface area contributed by atoms with Crippen LogP contribution in [0.1, 0.15) is 66.3 Å². The summed E-state index contributed by atoms with van der Waals surface area (Å²) in [6, 6.07) is 4.11. The fourth-order valence-corrected chi connectivity index (χ4v) is 3.35. The SMILES string of the molecule is CCC(CCNC(=O)c1cc(C2CC2)nc2onc(C)c12)n1cccn1. The summed E-state index contributed by atoms with van der Waals surface area (Å²) in [7, 11) is 0. The number of rotatable bonds is 7. The monoisotopic (exact) mass is 353 g/mol. The molecule has 3 aromatic heterocycles. The minimum atomic E-state index is -0.0964. The van der Waals surface area contributed by atoms with E-state index in [0.29, 0.717) is 34.8 Å². The zero-order valence-electron chi connectivity index (χ0n) is 15.1. The second-order valence-electron chi connectivity index (χ2n) is 6.91. The molecular weight excluding hydrogens is 330 g/mol. The van der Waals surface area contributed by atoms with Gasteiger partial charge in [0, 0.05) is 30.6 Å². The standard InChI is InChI=1S/C19H23N5O2/c1-3-14(24-10-4-8-21-24)7-9-20-18(25)15-11-16(13-5-6-13)22-19-17(15)12(2)23-26-19/h4,8,10-11,13-14H,3,5-7,9H2,1-2H3,(H,20,25). The third kappa shape index (κ3) is 3.21. The molecule has 1 unspecified atom stereocenters. The minimum Gasteiger partial charge on any atom is -0.352 e. The Balaban J connectivity index is 1.50. The molecule has 1 saturated carbocycles. The van der Waals surface area contributed by atoms with E-state index in [1.807, 2.05) is 29.9 Å². The number of nitrogens with one attached hydrogen (secondary N) is 1. The number of aromatic nitrogens is 4. The second kappa shape index (κ2) is 6.90. The summed E-state index contributed by atoms with van der Waals surface area (Å²) in [5, 5.41) is 12.0. The molecule has 0 aromatic carbocycles. The number of carbonyl (C=O) groups excluding carboxylic acids is 1. The molecule has 0 bridgehead atoms. The van der Waals surface area contributed by atoms with Crippen molar-refractivity contribution in [3.05, 3.63) is 41.5 Å². The second-order valence-corrected chi connectivity index (χ2v) is 6.91. The molecule has 136 valence electrons. The van der Waals surface area contributed by atoms with Crippen LogP contribution < -0.4 is 5.32 Å². The van der Waals surface area contributed by atoms with E-state index in [-0.39, 0.29) is 11.9 Å². The molecule has 3 heterocycles. The van der Waals surface area contributed by atoms with Crippen molar-refractivity contribution in [1.82, 2.24) is 25.2 Å². The van der Waals surface area contributed by atoms with Gasteiger partial charge in [0.2, 0.25) is 0 Å². The molecule has 1 amide bonds. The molecule has 1 aliphatic carbocycles. The van der Waals surface area contributed by atoms with Gasteiger partial charge in [-0.3, -0.25) is 9.48 Å². The first kappa shape index (κ1) is 16.8. The normalized spacial score (nSPS) is 15.3. The highest BCUT2D eigenvalue weighted by Crippen LogP contribution is 2.40. The van der Waals surface area contributed by atoms with E-state index >= 15 is 0 Å². The van der Waals surface area contributed by atoms with Crippen LogP contribution in [0.3, 0.4) is 0 Å². The lowest BCUT2D eigenvalue weighted by molar-refractivity contribution is 0.0952. The molecule has 0 spiro atoms. The summed E-state index contributed by atoms with van der Waals surface area (Å²) in [4.78, 5) is 17.4. The maximum atomic E-state index is 12.8. The first-order valence-electron chi connectivity index (χ1n) is 9.21. The first-order valence-corrected chi connectivity index (χ1v) is 9.21. The molecule has 4 rings (SSSR count). The summed E-state index contributed by atoms with van der Waals surface area (Å²) in [6.45, 7) is 4.55. The summed E-state index contributed by atoms with van der Waals surface area (Å²) in [6.07, 6.45) is 7.78. The maximum Gasteiger partial charge on any atom is 0.259 e. The van der Waals surface area contributed by atoms with Gasteiger partial charge in [-0.15, -0.1) is 0 Å². The van der Waals surface area contributed by atoms with Crippen molar-refractivity contribution < 1.29 is 9.32 Å². The Kier molecular flexibility index (Phi) is 4.44. The van der Waals surface area contributed by atoms with Crippen molar-refractivity contribution in [3.8, 4) is 0 Å². The van der Waals surface area contributed by atoms with Crippen molar-refractivity contribution >= 4 is 17.0 Å². The molecule has 3 aromatic rings. The van der Waals surface area contributed by atoms with Gasteiger partial charge in [0.25, 0.3) is 11.6 Å². The number of fused-ring (bicyclic) bond motifs is 1. The van der Waals surface area contributed by atoms with E-state index < -0.39 is 0 Å². The quantitative estimate of drug-likeness (QED) is 0.704. The molecule has 7 nitrogen and oxygen atoms in total. The Morgan fingerprint density at radius 2 is 2.31 bits per heavy atom. The van der Waals surface area contributed by atoms with Crippen LogP contribution in [0, 0.1) is 6.92 Å². The Hall–Kier alpha value is -2.70. The highest BCUT2D eigenvalue weighted by Gasteiger charge is 2.28. The molecule has 0 aliphatic heterocycles. The van der Waals surface area contributed by atoms with E-state index in [2.05, 4.69) is 27.5 Å². The lowest BCUT2D eigenvalue weighted by Crippen LogP contribution is -2.27. The van der Waals surface area contributed by atoms with Crippen molar-refractivity contribution in [1.29, 1.82) is 0 Å². The van der Waals surface area contributed by atoms with Crippen molar-refractivity contribution in [3.63, 3.8) is 0 Å². The zero-order valence-corrected chi connectivity index (χ0v) is 15.1. The highest BCUT2D eigenvalue weighted by molar-refractivity contribution is 6.06. The largest absolute Gasteiger partial charge is 0.352 e. The Morgan fingerprint density at radius 3 is 3.00 bits per heavy atom. The van der Waals surface area contributed by atoms with Gasteiger partial charge >= 0.3 is 0 Å². The van der Waals surface area contributed by atoms with Gasteiger partial charge in [-0.1, -0.05) is 12.1 Å². The number of hydrogen-bond acceptors (Lipinski definition) is 5. The molecule has 1 aliphatic rings. The van der Waals surface area contributed by atoms with Gasteiger partial charge < -0.3 is 9.84 Å². The van der Waals surface area contributed by atoms with Gasteiger partial charge in [-0.25, -0.2) is 4.98 Å². The molecule has 1 atom stereocenters. The Bertz CT molecular complexity index is 912. The third-order valence-corrected chi connectivity index (χ3v) is 5.01. The van der Waals surface area contributed by atoms with Crippen LogP contribution in [0.5, 0.6) is 0 Å². The summed E-state index contributed by atoms with van der Waals surface area (Å²) in [5.74, 6) is 0.349. The van der Waals surface area contributed by atoms with Crippen LogP contribution in [-0.2, 0) is 0 Å². The number of hydrogen-bond donors (Lipinski definition) is 1. The van der Waals surface area contributed by atoms with Crippen LogP contribution in [0.2, 0.25) is 0 Å². The number of nitrogens with zero attached hydrogens (tertiary/aromatic N) is 4. The minimum absolute atomic E-state index is 0.0964. The van der Waals surface area contributed by atoms with Crippen LogP contribution in [0.4, 0.5) is 0 Å². The van der Waals surface area contributed by atoms with Crippen LogP contribution in [0.15, 0.2) is 29.0 Å². The van der Waals surface area contributed by atoms with Crippen molar-refractivity contribution in [2.75, 3.05) is 6.54 Å². The molecule has 1 N–H and O–H groups in total. The number of carbonyl (C=O) groups is 1. The molecule has 0 radical (unpaired) electrons. The van der Waals surface area contributed by atoms with E-state index in [9.17, 15) is 4.79 Å². The number of aryl methyl sites for hydroxylation is 1. The molecular formula is C19H23N5O2. The topological polar surface area (TPSA) is 85.8 Å². The zero-order chi connectivity index (χ0) is 18.1. The molecule has 26 heavy (non-hydrogen) atoms. The average Bonchev–Trinajstić information content (AvgIpc) is 3.24. The predicted molar refractivity (Wildman–Crippen MR) is 97.0 cm³/mol. The lowest BCUT2D eigenvalue weighted by Gasteiger charge is -2.16. The fourth-order valence-electron chi connectivity index (χ4n) is 3.35. The summed E-state index contributed by atoms with van der Waals surface area (Å²) < 4.78 is 7.26. The predicted octanol–water partition coefficient (Wildman–Crippen LogP) is 3.38. The Morgan fingerprint density at radius 1 is 1.46 bits per heavy atom. The molecule has 1 fully saturated rings. The van der Waals surface area contributed by atoms with Gasteiger partial charge in [-0.2, -0.15) is 5.10 Å². The van der Waals surface area contributed by atoms with Crippen LogP contribution in [-0.4, -0.2) is 32.4 Å². The maximum absolute atomic E-state index is 12.8. The first-order chi connectivity index (χ1) is 12.7. The number of amides is 1. The molecule has 7 heteroatoms. The third-order valence-electron chi connectivity index (χ3n) is 5.01. The van der Waals surface area contributed by atoms with E-state index in [0.717, 1.165) is 31.4 Å². The lowest BCUT2D eigenvalue weighted by atomic mass is 10.1. The van der Waals surface area contributed by atoms with Crippen molar-refractivity contribution in [2.24, 2.45) is 0 Å². The van der Waals surface area contributed by atoms with Gasteiger partial charge in [-0.05, 0) is 44.7 Å². The van der Waals surface area contributed by atoms with E-state index in [1.54, 1.807) is 6.20 Å². The van der Waals surface area contributed by atoms with Crippen LogP contribution >= 0.6 is 0 Å². The fraction of sp³-hybridized carbons (Fsp3) is 0.474. The summed E-state index contributed by atoms with van der Waals surface area (Å²) in [5.41, 5.74) is 2.70. The molecule has 0 saturated heterocycles. The Labute approximate surface area is 151 Å². The van der Waals surface area contributed by atoms with Gasteiger partial charge in [0.15, 0.2) is 0 Å². The van der Waals surface area contributed by atoms with Crippen molar-refractivity contribution in [2.45, 2.75) is 51.5 Å². The van der Waals surface area contributed by atoms with E-state index in [4.69, 9.17) is 4.52 Å². The van der Waals surface area contributed by atoms with Gasteiger partial charge in [0.05, 0.1) is 22.7 Å². The van der Waals surface area contributed by atoms with Crippen LogP contribution in [0.25, 0.3) is 11.1 Å². The van der Waals surface area contributed by atoms with Gasteiger partial charge in [0.1, 0.15) is 0 Å². The average molecular weight is 353 g/mol. The number of pyridine rings is 1. The van der Waals surface area contributed by atoms with E-state index in [1.165, 1.54) is 0 Å².